The van der Waals surface area contributed by atoms with E-state index in [1.165, 1.54) is 27.1 Å². The summed E-state index contributed by atoms with van der Waals surface area (Å²) in [6, 6.07) is 10.8. The van der Waals surface area contributed by atoms with Gasteiger partial charge in [0.25, 0.3) is 0 Å². The lowest BCUT2D eigenvalue weighted by Gasteiger charge is -2.24. The fourth-order valence-corrected chi connectivity index (χ4v) is 5.38. The van der Waals surface area contributed by atoms with E-state index in [4.69, 9.17) is 14.2 Å². The molecule has 0 radical (unpaired) electrons. The molecule has 39 heavy (non-hydrogen) atoms. The molecule has 1 aliphatic carbocycles. The van der Waals surface area contributed by atoms with E-state index in [-0.39, 0.29) is 18.3 Å². The minimum absolute atomic E-state index is 0.0173. The second-order valence-corrected chi connectivity index (χ2v) is 11.2. The Labute approximate surface area is 229 Å². The number of fused-ring (bicyclic) bond motifs is 1. The Hall–Kier alpha value is -3.81. The Morgan fingerprint density at radius 3 is 2.44 bits per heavy atom. The number of methoxy groups -OCH3 is 2. The van der Waals surface area contributed by atoms with E-state index in [1.54, 1.807) is 18.2 Å². The molecule has 1 heterocycles. The fourth-order valence-electron chi connectivity index (χ4n) is 5.38. The fraction of sp³-hybridized carbons (Fsp3) is 0.452. The predicted octanol–water partition coefficient (Wildman–Crippen LogP) is 6.35. The number of hydrogen-bond acceptors (Lipinski definition) is 6. The molecule has 8 heteroatoms. The molecule has 1 atom stereocenters. The van der Waals surface area contributed by atoms with Gasteiger partial charge in [-0.2, -0.15) is 0 Å². The molecule has 8 nitrogen and oxygen atoms in total. The largest absolute Gasteiger partial charge is 0.496 e. The van der Waals surface area contributed by atoms with Gasteiger partial charge >= 0.3 is 11.9 Å². The van der Waals surface area contributed by atoms with Crippen LogP contribution in [0.25, 0.3) is 10.9 Å². The average molecular weight is 535 g/mol. The van der Waals surface area contributed by atoms with E-state index >= 15 is 0 Å². The first-order valence-electron chi connectivity index (χ1n) is 13.5. The van der Waals surface area contributed by atoms with Crippen LogP contribution in [-0.2, 0) is 19.1 Å². The third kappa shape index (κ3) is 6.99. The van der Waals surface area contributed by atoms with Gasteiger partial charge in [0, 0.05) is 40.7 Å². The Bertz CT molecular complexity index is 1350. The summed E-state index contributed by atoms with van der Waals surface area (Å²) in [5.41, 5.74) is 2.87. The van der Waals surface area contributed by atoms with Crippen LogP contribution in [0.15, 0.2) is 42.6 Å². The van der Waals surface area contributed by atoms with Crippen molar-refractivity contribution in [2.24, 2.45) is 5.92 Å². The van der Waals surface area contributed by atoms with Gasteiger partial charge in [-0.05, 0) is 75.4 Å². The van der Waals surface area contributed by atoms with Gasteiger partial charge in [0.1, 0.15) is 11.4 Å². The maximum atomic E-state index is 13.1. The molecule has 208 valence electrons. The summed E-state index contributed by atoms with van der Waals surface area (Å²) in [6.45, 7) is 5.49. The van der Waals surface area contributed by atoms with Crippen LogP contribution in [0.3, 0.4) is 0 Å². The summed E-state index contributed by atoms with van der Waals surface area (Å²) in [5, 5.41) is 3.93. The van der Waals surface area contributed by atoms with Crippen LogP contribution in [0.4, 0.5) is 5.69 Å². The van der Waals surface area contributed by atoms with Crippen LogP contribution in [0.2, 0.25) is 0 Å². The predicted molar refractivity (Wildman–Crippen MR) is 150 cm³/mol. The number of hydrogen-bond donors (Lipinski definition) is 2. The third-order valence-electron chi connectivity index (χ3n) is 7.14. The van der Waals surface area contributed by atoms with Crippen molar-refractivity contribution >= 4 is 34.4 Å². The number of ether oxygens (including phenoxy) is 3. The summed E-state index contributed by atoms with van der Waals surface area (Å²) in [6.07, 6.45) is 7.06. The van der Waals surface area contributed by atoms with Gasteiger partial charge in [0.2, 0.25) is 5.91 Å². The molecule has 1 amide bonds. The highest BCUT2D eigenvalue weighted by Gasteiger charge is 2.28. The molecule has 1 aromatic heterocycles. The molecular weight excluding hydrogens is 496 g/mol. The van der Waals surface area contributed by atoms with E-state index in [2.05, 4.69) is 10.3 Å². The topological polar surface area (TPSA) is 107 Å². The molecule has 2 N–H and O–H groups in total. The smallest absolute Gasteiger partial charge is 0.337 e. The Morgan fingerprint density at radius 2 is 1.77 bits per heavy atom. The van der Waals surface area contributed by atoms with Crippen LogP contribution in [-0.4, -0.2) is 42.7 Å². The lowest BCUT2D eigenvalue weighted by atomic mass is 9.87. The first-order chi connectivity index (χ1) is 18.6. The van der Waals surface area contributed by atoms with Crippen LogP contribution < -0.4 is 10.1 Å². The molecule has 1 aliphatic rings. The number of carbonyl (C=O) groups excluding carboxylic acids is 3. The van der Waals surface area contributed by atoms with E-state index in [1.807, 2.05) is 45.2 Å². The Morgan fingerprint density at radius 1 is 1.03 bits per heavy atom. The third-order valence-corrected chi connectivity index (χ3v) is 7.14. The molecule has 1 saturated carbocycles. The molecule has 0 saturated heterocycles. The molecule has 1 unspecified atom stereocenters. The lowest BCUT2D eigenvalue weighted by Crippen LogP contribution is -2.25. The second-order valence-electron chi connectivity index (χ2n) is 11.2. The van der Waals surface area contributed by atoms with Crippen molar-refractivity contribution in [1.82, 2.24) is 4.98 Å². The molecule has 4 rings (SSSR count). The first-order valence-corrected chi connectivity index (χ1v) is 13.5. The van der Waals surface area contributed by atoms with Crippen molar-refractivity contribution in [3.8, 4) is 5.75 Å². The minimum atomic E-state index is -0.641. The van der Waals surface area contributed by atoms with Crippen molar-refractivity contribution in [3.05, 3.63) is 59.3 Å². The van der Waals surface area contributed by atoms with Crippen molar-refractivity contribution in [3.63, 3.8) is 0 Å². The maximum absolute atomic E-state index is 13.1. The standard InChI is InChI=1S/C31H38N2O6/c1-31(2,3)39-29(35)17-23(22-12-10-20(30(36)38-5)15-27(22)37-4)25-18-32-26-13-11-21(16-24(25)26)33-28(34)14-19-8-6-7-9-19/h10-13,15-16,18-19,23,32H,6-9,14,17H2,1-5H3,(H,33,34). The SMILES string of the molecule is COC(=O)c1ccc(C(CC(=O)OC(C)(C)C)c2c[nH]c3ccc(NC(=O)CC4CCCC4)cc23)c(OC)c1. The van der Waals surface area contributed by atoms with E-state index in [9.17, 15) is 14.4 Å². The summed E-state index contributed by atoms with van der Waals surface area (Å²) in [7, 11) is 2.85. The molecular formula is C31H38N2O6. The Balaban J connectivity index is 1.71. The van der Waals surface area contributed by atoms with Crippen molar-refractivity contribution in [1.29, 1.82) is 0 Å². The van der Waals surface area contributed by atoms with Gasteiger partial charge in [-0.3, -0.25) is 9.59 Å². The zero-order chi connectivity index (χ0) is 28.2. The first kappa shape index (κ1) is 28.2. The van der Waals surface area contributed by atoms with Gasteiger partial charge in [0.05, 0.1) is 26.2 Å². The summed E-state index contributed by atoms with van der Waals surface area (Å²) in [5.74, 6) is -0.351. The number of aromatic amines is 1. The summed E-state index contributed by atoms with van der Waals surface area (Å²) < 4.78 is 16.2. The van der Waals surface area contributed by atoms with Crippen LogP contribution in [0, 0.1) is 5.92 Å². The zero-order valence-electron chi connectivity index (χ0n) is 23.4. The number of rotatable bonds is 9. The van der Waals surface area contributed by atoms with Gasteiger partial charge in [-0.25, -0.2) is 4.79 Å². The van der Waals surface area contributed by atoms with Gasteiger partial charge in [-0.15, -0.1) is 0 Å². The number of nitrogens with one attached hydrogen (secondary N) is 2. The van der Waals surface area contributed by atoms with Crippen LogP contribution in [0.5, 0.6) is 5.75 Å². The second kappa shape index (κ2) is 11.9. The van der Waals surface area contributed by atoms with Gasteiger partial charge in [0.15, 0.2) is 0 Å². The highest BCUT2D eigenvalue weighted by molar-refractivity contribution is 5.95. The molecule has 0 aliphatic heterocycles. The highest BCUT2D eigenvalue weighted by Crippen LogP contribution is 2.40. The Kier molecular flexibility index (Phi) is 8.63. The quantitative estimate of drug-likeness (QED) is 0.310. The number of benzene rings is 2. The summed E-state index contributed by atoms with van der Waals surface area (Å²) >= 11 is 0. The maximum Gasteiger partial charge on any atom is 0.337 e. The molecule has 2 aromatic carbocycles. The van der Waals surface area contributed by atoms with Crippen molar-refractivity contribution < 1.29 is 28.6 Å². The zero-order valence-corrected chi connectivity index (χ0v) is 23.4. The number of anilines is 1. The van der Waals surface area contributed by atoms with Crippen LogP contribution >= 0.6 is 0 Å². The average Bonchev–Trinajstić information content (AvgIpc) is 3.55. The van der Waals surface area contributed by atoms with Crippen LogP contribution in [0.1, 0.15) is 86.7 Å². The molecule has 3 aromatic rings. The van der Waals surface area contributed by atoms with Gasteiger partial charge < -0.3 is 24.5 Å². The monoisotopic (exact) mass is 534 g/mol. The van der Waals surface area contributed by atoms with E-state index < -0.39 is 17.5 Å². The molecule has 0 spiro atoms. The van der Waals surface area contributed by atoms with E-state index in [0.717, 1.165) is 34.9 Å². The van der Waals surface area contributed by atoms with Gasteiger partial charge in [-0.1, -0.05) is 18.9 Å². The normalized spacial score (nSPS) is 14.7. The lowest BCUT2D eigenvalue weighted by molar-refractivity contribution is -0.155. The number of aromatic nitrogens is 1. The molecule has 1 fully saturated rings. The van der Waals surface area contributed by atoms with Crippen molar-refractivity contribution in [2.75, 3.05) is 19.5 Å². The summed E-state index contributed by atoms with van der Waals surface area (Å²) in [4.78, 5) is 41.2. The minimum Gasteiger partial charge on any atom is -0.496 e. The van der Waals surface area contributed by atoms with Crippen molar-refractivity contribution in [2.45, 2.75) is 70.8 Å². The molecule has 0 bridgehead atoms. The number of H-pyrrole nitrogens is 1. The number of esters is 2. The highest BCUT2D eigenvalue weighted by atomic mass is 16.6. The number of carbonyl (C=O) groups is 3. The number of amides is 1. The van der Waals surface area contributed by atoms with E-state index in [0.29, 0.717) is 29.3 Å².